The van der Waals surface area contributed by atoms with Gasteiger partial charge in [-0.15, -0.1) is 0 Å². The number of rotatable bonds is 3. The maximum atomic E-state index is 11.9. The van der Waals surface area contributed by atoms with Crippen molar-refractivity contribution in [2.75, 3.05) is 12.8 Å². The topological polar surface area (TPSA) is 109 Å². The smallest absolute Gasteiger partial charge is 0.339 e. The minimum atomic E-state index is -0.572. The molecule has 0 saturated heterocycles. The minimum absolute atomic E-state index is 0.0247. The first-order chi connectivity index (χ1) is 9.93. The molecule has 0 saturated carbocycles. The number of aryl methyl sites for hydroxylation is 1. The van der Waals surface area contributed by atoms with Crippen LogP contribution in [0.3, 0.4) is 0 Å². The fourth-order valence-corrected chi connectivity index (χ4v) is 1.81. The zero-order chi connectivity index (χ0) is 15.6. The van der Waals surface area contributed by atoms with Crippen LogP contribution in [0.1, 0.15) is 16.1 Å². The molecule has 0 radical (unpaired) electrons. The van der Waals surface area contributed by atoms with Crippen LogP contribution >= 0.6 is 0 Å². The second kappa shape index (κ2) is 5.61. The summed E-state index contributed by atoms with van der Waals surface area (Å²) in [4.78, 5) is 39.2. The van der Waals surface area contributed by atoms with Gasteiger partial charge in [-0.1, -0.05) is 0 Å². The molecule has 2 rings (SSSR count). The quantitative estimate of drug-likeness (QED) is 0.753. The SMILES string of the molecule is COC(=O)c1ccc(Cn2c(=O)c(N)cn(C)c2=O)nc1. The van der Waals surface area contributed by atoms with Crippen LogP contribution in [0, 0.1) is 0 Å². The highest BCUT2D eigenvalue weighted by Gasteiger charge is 2.10. The van der Waals surface area contributed by atoms with Gasteiger partial charge in [-0.2, -0.15) is 0 Å². The van der Waals surface area contributed by atoms with Crippen LogP contribution in [-0.4, -0.2) is 27.2 Å². The van der Waals surface area contributed by atoms with Crippen molar-refractivity contribution < 1.29 is 9.53 Å². The Morgan fingerprint density at radius 2 is 2.10 bits per heavy atom. The predicted octanol–water partition coefficient (Wildman–Crippen LogP) is -0.641. The minimum Gasteiger partial charge on any atom is -0.465 e. The molecule has 2 heterocycles. The zero-order valence-electron chi connectivity index (χ0n) is 11.6. The molecule has 2 aromatic rings. The molecule has 8 heteroatoms. The number of anilines is 1. The van der Waals surface area contributed by atoms with Gasteiger partial charge in [0.05, 0.1) is 24.9 Å². The van der Waals surface area contributed by atoms with Crippen LogP contribution in [0.15, 0.2) is 34.1 Å². The molecule has 8 nitrogen and oxygen atoms in total. The summed E-state index contributed by atoms with van der Waals surface area (Å²) in [5.41, 5.74) is 5.20. The van der Waals surface area contributed by atoms with Crippen molar-refractivity contribution in [1.82, 2.24) is 14.1 Å². The number of nitrogens with zero attached hydrogens (tertiary/aromatic N) is 3. The van der Waals surface area contributed by atoms with Crippen LogP contribution in [0.4, 0.5) is 5.69 Å². The standard InChI is InChI=1S/C13H14N4O4/c1-16-7-10(14)11(18)17(13(16)20)6-9-4-3-8(5-15-9)12(19)21-2/h3-5,7H,6,14H2,1-2H3. The number of carbonyl (C=O) groups excluding carboxylic acids is 1. The Kier molecular flexibility index (Phi) is 3.88. The van der Waals surface area contributed by atoms with E-state index in [2.05, 4.69) is 9.72 Å². The largest absolute Gasteiger partial charge is 0.465 e. The van der Waals surface area contributed by atoms with Gasteiger partial charge in [-0.3, -0.25) is 14.3 Å². The average molecular weight is 290 g/mol. The molecule has 0 spiro atoms. The van der Waals surface area contributed by atoms with Crippen molar-refractivity contribution in [3.63, 3.8) is 0 Å². The monoisotopic (exact) mass is 290 g/mol. The van der Waals surface area contributed by atoms with E-state index < -0.39 is 17.2 Å². The fourth-order valence-electron chi connectivity index (χ4n) is 1.81. The molecule has 0 amide bonds. The molecule has 0 atom stereocenters. The number of pyridine rings is 1. The van der Waals surface area contributed by atoms with E-state index in [1.807, 2.05) is 0 Å². The summed E-state index contributed by atoms with van der Waals surface area (Å²) in [6, 6.07) is 3.05. The second-order valence-corrected chi connectivity index (χ2v) is 4.40. The van der Waals surface area contributed by atoms with Gasteiger partial charge in [0.15, 0.2) is 0 Å². The highest BCUT2D eigenvalue weighted by Crippen LogP contribution is 2.03. The molecule has 110 valence electrons. The Balaban J connectivity index is 2.37. The Labute approximate surface area is 119 Å². The third-order valence-corrected chi connectivity index (χ3v) is 2.92. The van der Waals surface area contributed by atoms with Crippen molar-refractivity contribution in [3.8, 4) is 0 Å². The molecular weight excluding hydrogens is 276 g/mol. The van der Waals surface area contributed by atoms with Crippen molar-refractivity contribution in [1.29, 1.82) is 0 Å². The lowest BCUT2D eigenvalue weighted by Gasteiger charge is -2.08. The lowest BCUT2D eigenvalue weighted by molar-refractivity contribution is 0.0600. The zero-order valence-corrected chi connectivity index (χ0v) is 11.6. The van der Waals surface area contributed by atoms with Gasteiger partial charge in [0.2, 0.25) is 0 Å². The average Bonchev–Trinajstić information content (AvgIpc) is 2.49. The van der Waals surface area contributed by atoms with Gasteiger partial charge in [0.25, 0.3) is 5.56 Å². The lowest BCUT2D eigenvalue weighted by atomic mass is 10.2. The summed E-state index contributed by atoms with van der Waals surface area (Å²) in [6.45, 7) is -0.0298. The van der Waals surface area contributed by atoms with Gasteiger partial charge >= 0.3 is 11.7 Å². The molecule has 2 aromatic heterocycles. The number of aromatic nitrogens is 3. The Hall–Kier alpha value is -2.90. The number of nitrogen functional groups attached to an aromatic ring is 1. The molecule has 2 N–H and O–H groups in total. The van der Waals surface area contributed by atoms with Crippen LogP contribution in [0.25, 0.3) is 0 Å². The molecule has 0 aliphatic rings. The maximum absolute atomic E-state index is 11.9. The summed E-state index contributed by atoms with van der Waals surface area (Å²) in [5.74, 6) is -0.508. The van der Waals surface area contributed by atoms with E-state index in [-0.39, 0.29) is 17.8 Å². The van der Waals surface area contributed by atoms with Crippen molar-refractivity contribution in [3.05, 3.63) is 56.6 Å². The van der Waals surface area contributed by atoms with E-state index in [1.165, 1.54) is 37.2 Å². The predicted molar refractivity (Wildman–Crippen MR) is 75.0 cm³/mol. The van der Waals surface area contributed by atoms with Gasteiger partial charge in [-0.05, 0) is 12.1 Å². The molecule has 0 bridgehead atoms. The van der Waals surface area contributed by atoms with Crippen LogP contribution in [0.5, 0.6) is 0 Å². The molecule has 21 heavy (non-hydrogen) atoms. The van der Waals surface area contributed by atoms with E-state index in [0.29, 0.717) is 5.69 Å². The Bertz CT molecular complexity index is 755. The number of nitrogens with two attached hydrogens (primary N) is 1. The first kappa shape index (κ1) is 14.5. The van der Waals surface area contributed by atoms with Gasteiger partial charge < -0.3 is 15.0 Å². The molecule has 0 aliphatic heterocycles. The van der Waals surface area contributed by atoms with Crippen LogP contribution < -0.4 is 17.0 Å². The number of esters is 1. The molecule has 0 unspecified atom stereocenters. The fraction of sp³-hybridized carbons (Fsp3) is 0.231. The van der Waals surface area contributed by atoms with Crippen LogP contribution in [0.2, 0.25) is 0 Å². The molecule has 0 aliphatic carbocycles. The first-order valence-electron chi connectivity index (χ1n) is 6.03. The normalized spacial score (nSPS) is 10.4. The second-order valence-electron chi connectivity index (χ2n) is 4.40. The highest BCUT2D eigenvalue weighted by atomic mass is 16.5. The number of ether oxygens (including phenoxy) is 1. The lowest BCUT2D eigenvalue weighted by Crippen LogP contribution is -2.40. The van der Waals surface area contributed by atoms with Crippen molar-refractivity contribution in [2.24, 2.45) is 7.05 Å². The van der Waals surface area contributed by atoms with Gasteiger partial charge in [0, 0.05) is 19.4 Å². The third kappa shape index (κ3) is 2.83. The summed E-state index contributed by atoms with van der Waals surface area (Å²) in [7, 11) is 2.77. The number of carbonyl (C=O) groups is 1. The summed E-state index contributed by atoms with van der Waals surface area (Å²) >= 11 is 0. The molecule has 0 aromatic carbocycles. The molecule has 0 fully saturated rings. The van der Waals surface area contributed by atoms with E-state index in [1.54, 1.807) is 6.07 Å². The third-order valence-electron chi connectivity index (χ3n) is 2.92. The van der Waals surface area contributed by atoms with E-state index >= 15 is 0 Å². The van der Waals surface area contributed by atoms with Gasteiger partial charge in [-0.25, -0.2) is 9.59 Å². The Morgan fingerprint density at radius 3 is 2.67 bits per heavy atom. The van der Waals surface area contributed by atoms with E-state index in [4.69, 9.17) is 5.73 Å². The summed E-state index contributed by atoms with van der Waals surface area (Å²) in [6.07, 6.45) is 2.60. The van der Waals surface area contributed by atoms with Crippen molar-refractivity contribution in [2.45, 2.75) is 6.54 Å². The summed E-state index contributed by atoms with van der Waals surface area (Å²) in [5, 5.41) is 0. The summed E-state index contributed by atoms with van der Waals surface area (Å²) < 4.78 is 6.76. The Morgan fingerprint density at radius 1 is 1.38 bits per heavy atom. The van der Waals surface area contributed by atoms with Crippen molar-refractivity contribution >= 4 is 11.7 Å². The maximum Gasteiger partial charge on any atom is 0.339 e. The highest BCUT2D eigenvalue weighted by molar-refractivity contribution is 5.88. The number of hydrogen-bond donors (Lipinski definition) is 1. The number of hydrogen-bond acceptors (Lipinski definition) is 6. The van der Waals surface area contributed by atoms with E-state index in [9.17, 15) is 14.4 Å². The number of methoxy groups -OCH3 is 1. The van der Waals surface area contributed by atoms with Crippen LogP contribution in [-0.2, 0) is 18.3 Å². The molecular formula is C13H14N4O4. The van der Waals surface area contributed by atoms with Gasteiger partial charge in [0.1, 0.15) is 5.69 Å². The first-order valence-corrected chi connectivity index (χ1v) is 6.03. The van der Waals surface area contributed by atoms with E-state index in [0.717, 1.165) is 4.57 Å².